The maximum Gasteiger partial charge on any atom is 0.317 e. The van der Waals surface area contributed by atoms with Gasteiger partial charge in [0.25, 0.3) is 11.8 Å². The average molecular weight is 538 g/mol. The first-order chi connectivity index (χ1) is 18.8. The summed E-state index contributed by atoms with van der Waals surface area (Å²) in [7, 11) is 1.74. The van der Waals surface area contributed by atoms with Gasteiger partial charge in [-0.15, -0.1) is 0 Å². The number of aromatic nitrogens is 1. The van der Waals surface area contributed by atoms with Gasteiger partial charge in [-0.25, -0.2) is 4.79 Å². The van der Waals surface area contributed by atoms with Crippen LogP contribution in [0.2, 0.25) is 0 Å². The number of pyridine rings is 1. The normalized spacial score (nSPS) is 20.6. The summed E-state index contributed by atoms with van der Waals surface area (Å²) in [4.78, 5) is 46.9. The molecular formula is C29H39N5O5. The van der Waals surface area contributed by atoms with Crippen molar-refractivity contribution in [1.82, 2.24) is 20.1 Å². The Morgan fingerprint density at radius 3 is 2.59 bits per heavy atom. The number of nitrogens with one attached hydrogen (secondary N) is 2. The SMILES string of the molecule is C[C@H]1CN([C@@H](C)CO)C(=O)c2cccc(NC(=O)c3ccncc3)c2O[C@@H]1CN(C)C(=O)NC1CCCCC1. The summed E-state index contributed by atoms with van der Waals surface area (Å²) in [6.45, 7) is 4.19. The molecule has 4 amide bonds. The van der Waals surface area contributed by atoms with Gasteiger partial charge in [-0.1, -0.05) is 32.3 Å². The van der Waals surface area contributed by atoms with Gasteiger partial charge in [0.2, 0.25) is 0 Å². The van der Waals surface area contributed by atoms with Crippen molar-refractivity contribution in [3.05, 3.63) is 53.9 Å². The number of ether oxygens (including phenoxy) is 1. The molecule has 2 aromatic rings. The van der Waals surface area contributed by atoms with Crippen LogP contribution in [-0.4, -0.2) is 82.7 Å². The predicted octanol–water partition coefficient (Wildman–Crippen LogP) is 3.53. The first-order valence-corrected chi connectivity index (χ1v) is 13.7. The standard InChI is InChI=1S/C29H39N5O5/c1-19-16-34(20(2)18-35)28(37)23-10-7-11-24(32-27(36)21-12-14-30-15-13-21)26(23)39-25(19)17-33(3)29(38)31-22-8-5-4-6-9-22/h7,10-15,19-20,22,25,35H,4-6,8-9,16-18H2,1-3H3,(H,31,38)(H,32,36)/t19-,20-,25+/m0/s1. The number of nitrogens with zero attached hydrogens (tertiary/aromatic N) is 3. The minimum Gasteiger partial charge on any atom is -0.485 e. The molecule has 1 aromatic heterocycles. The van der Waals surface area contributed by atoms with Crippen LogP contribution in [-0.2, 0) is 0 Å². The van der Waals surface area contributed by atoms with Crippen LogP contribution < -0.4 is 15.4 Å². The molecule has 0 unspecified atom stereocenters. The zero-order chi connectivity index (χ0) is 27.9. The van der Waals surface area contributed by atoms with Gasteiger partial charge >= 0.3 is 6.03 Å². The van der Waals surface area contributed by atoms with Crippen LogP contribution >= 0.6 is 0 Å². The smallest absolute Gasteiger partial charge is 0.317 e. The van der Waals surface area contributed by atoms with Crippen molar-refractivity contribution in [2.45, 2.75) is 64.1 Å². The highest BCUT2D eigenvalue weighted by atomic mass is 16.5. The van der Waals surface area contributed by atoms with Crippen molar-refractivity contribution in [1.29, 1.82) is 0 Å². The number of hydrogen-bond donors (Lipinski definition) is 3. The third-order valence-corrected chi connectivity index (χ3v) is 7.62. The highest BCUT2D eigenvalue weighted by Crippen LogP contribution is 2.35. The molecule has 10 heteroatoms. The van der Waals surface area contributed by atoms with Gasteiger partial charge in [0.1, 0.15) is 6.10 Å². The van der Waals surface area contributed by atoms with Crippen LogP contribution in [0.5, 0.6) is 5.75 Å². The van der Waals surface area contributed by atoms with Gasteiger partial charge in [0, 0.05) is 43.5 Å². The molecular weight excluding hydrogens is 498 g/mol. The molecule has 210 valence electrons. The Morgan fingerprint density at radius 1 is 1.18 bits per heavy atom. The van der Waals surface area contributed by atoms with Crippen LogP contribution in [0.25, 0.3) is 0 Å². The summed E-state index contributed by atoms with van der Waals surface area (Å²) in [6.07, 6.45) is 8.00. The van der Waals surface area contributed by atoms with E-state index in [0.717, 1.165) is 25.7 Å². The maximum absolute atomic E-state index is 13.6. The fourth-order valence-electron chi connectivity index (χ4n) is 5.14. The van der Waals surface area contributed by atoms with Gasteiger partial charge in [-0.05, 0) is 44.0 Å². The average Bonchev–Trinajstić information content (AvgIpc) is 2.95. The fourth-order valence-corrected chi connectivity index (χ4v) is 5.14. The van der Waals surface area contributed by atoms with E-state index >= 15 is 0 Å². The highest BCUT2D eigenvalue weighted by molar-refractivity contribution is 6.07. The maximum atomic E-state index is 13.6. The Labute approximate surface area is 229 Å². The van der Waals surface area contributed by atoms with E-state index in [1.807, 2.05) is 6.92 Å². The molecule has 1 aliphatic heterocycles. The number of aliphatic hydroxyl groups excluding tert-OH is 1. The van der Waals surface area contributed by atoms with Gasteiger partial charge in [-0.2, -0.15) is 0 Å². The van der Waals surface area contributed by atoms with Crippen LogP contribution in [0.15, 0.2) is 42.7 Å². The van der Waals surface area contributed by atoms with E-state index in [0.29, 0.717) is 17.8 Å². The molecule has 0 radical (unpaired) electrons. The van der Waals surface area contributed by atoms with Crippen molar-refractivity contribution >= 4 is 23.5 Å². The zero-order valence-corrected chi connectivity index (χ0v) is 22.9. The first-order valence-electron chi connectivity index (χ1n) is 13.7. The van der Waals surface area contributed by atoms with Gasteiger partial charge in [-0.3, -0.25) is 14.6 Å². The summed E-state index contributed by atoms with van der Waals surface area (Å²) in [5, 5.41) is 15.9. The van der Waals surface area contributed by atoms with Crippen LogP contribution in [0, 0.1) is 5.92 Å². The molecule has 1 aromatic carbocycles. The van der Waals surface area contributed by atoms with E-state index in [4.69, 9.17) is 4.74 Å². The first kappa shape index (κ1) is 28.4. The van der Waals surface area contributed by atoms with E-state index in [1.54, 1.807) is 54.1 Å². The Balaban J connectivity index is 1.62. The van der Waals surface area contributed by atoms with Crippen LogP contribution in [0.3, 0.4) is 0 Å². The van der Waals surface area contributed by atoms with Crippen molar-refractivity contribution in [3.63, 3.8) is 0 Å². The number of benzene rings is 1. The molecule has 4 rings (SSSR count). The minimum atomic E-state index is -0.480. The van der Waals surface area contributed by atoms with E-state index < -0.39 is 12.1 Å². The quantitative estimate of drug-likeness (QED) is 0.497. The summed E-state index contributed by atoms with van der Waals surface area (Å²) >= 11 is 0. The summed E-state index contributed by atoms with van der Waals surface area (Å²) < 4.78 is 6.50. The molecule has 1 fully saturated rings. The molecule has 0 bridgehead atoms. The number of carbonyl (C=O) groups excluding carboxylic acids is 3. The number of urea groups is 1. The molecule has 0 spiro atoms. The molecule has 1 aliphatic carbocycles. The summed E-state index contributed by atoms with van der Waals surface area (Å²) in [5.41, 5.74) is 1.06. The van der Waals surface area contributed by atoms with Crippen molar-refractivity contribution in [2.75, 3.05) is 32.1 Å². The van der Waals surface area contributed by atoms with Crippen molar-refractivity contribution < 1.29 is 24.2 Å². The van der Waals surface area contributed by atoms with Crippen LogP contribution in [0.1, 0.15) is 66.7 Å². The number of likely N-dealkylation sites (N-methyl/N-ethyl adjacent to an activating group) is 1. The van der Waals surface area contributed by atoms with Crippen molar-refractivity contribution in [2.24, 2.45) is 5.92 Å². The monoisotopic (exact) mass is 537 g/mol. The Morgan fingerprint density at radius 2 is 1.90 bits per heavy atom. The summed E-state index contributed by atoms with van der Waals surface area (Å²) in [5.74, 6) is -0.582. The van der Waals surface area contributed by atoms with Gasteiger partial charge in [0.15, 0.2) is 5.75 Å². The van der Waals surface area contributed by atoms with Gasteiger partial charge in [0.05, 0.1) is 30.4 Å². The lowest BCUT2D eigenvalue weighted by Crippen LogP contribution is -2.52. The third-order valence-electron chi connectivity index (χ3n) is 7.62. The van der Waals surface area contributed by atoms with E-state index in [2.05, 4.69) is 15.6 Å². The number of aliphatic hydroxyl groups is 1. The number of carbonyl (C=O) groups is 3. The molecule has 2 heterocycles. The van der Waals surface area contributed by atoms with Crippen molar-refractivity contribution in [3.8, 4) is 5.75 Å². The van der Waals surface area contributed by atoms with Gasteiger partial charge < -0.3 is 30.3 Å². The molecule has 3 atom stereocenters. The second-order valence-corrected chi connectivity index (χ2v) is 10.7. The lowest BCUT2D eigenvalue weighted by atomic mass is 9.96. The number of anilines is 1. The zero-order valence-electron chi connectivity index (χ0n) is 22.9. The number of hydrogen-bond acceptors (Lipinski definition) is 6. The lowest BCUT2D eigenvalue weighted by molar-refractivity contribution is 0.0367. The topological polar surface area (TPSA) is 124 Å². The lowest BCUT2D eigenvalue weighted by Gasteiger charge is -2.38. The Kier molecular flexibility index (Phi) is 9.40. The Bertz CT molecular complexity index is 1150. The number of rotatable bonds is 7. The number of fused-ring (bicyclic) bond motifs is 1. The third kappa shape index (κ3) is 6.86. The second kappa shape index (κ2) is 12.9. The Hall–Kier alpha value is -3.66. The highest BCUT2D eigenvalue weighted by Gasteiger charge is 2.35. The van der Waals surface area contributed by atoms with E-state index in [9.17, 15) is 19.5 Å². The number of para-hydroxylation sites is 1. The van der Waals surface area contributed by atoms with E-state index in [-0.39, 0.29) is 54.3 Å². The molecule has 39 heavy (non-hydrogen) atoms. The predicted molar refractivity (Wildman–Crippen MR) is 148 cm³/mol. The second-order valence-electron chi connectivity index (χ2n) is 10.7. The molecule has 2 aliphatic rings. The molecule has 10 nitrogen and oxygen atoms in total. The molecule has 0 saturated heterocycles. The molecule has 3 N–H and O–H groups in total. The minimum absolute atomic E-state index is 0.157. The van der Waals surface area contributed by atoms with E-state index in [1.165, 1.54) is 18.8 Å². The largest absolute Gasteiger partial charge is 0.485 e. The number of amides is 4. The van der Waals surface area contributed by atoms with Crippen LogP contribution in [0.4, 0.5) is 10.5 Å². The fraction of sp³-hybridized carbons (Fsp3) is 0.517. The summed E-state index contributed by atoms with van der Waals surface area (Å²) in [6, 6.07) is 7.83. The molecule has 1 saturated carbocycles.